The number of hydrogen-bond donors (Lipinski definition) is 1. The molecular formula is C14H17N3. The average molecular weight is 227 g/mol. The largest absolute Gasteiger partial charge is 0.310 e. The van der Waals surface area contributed by atoms with Crippen molar-refractivity contribution in [3.8, 4) is 0 Å². The van der Waals surface area contributed by atoms with Crippen molar-refractivity contribution in [2.75, 3.05) is 6.54 Å². The summed E-state index contributed by atoms with van der Waals surface area (Å²) in [6, 6.07) is 12.4. The zero-order valence-corrected chi connectivity index (χ0v) is 9.84. The zero-order valence-electron chi connectivity index (χ0n) is 9.84. The summed E-state index contributed by atoms with van der Waals surface area (Å²) in [5.74, 6) is 0.854. The lowest BCUT2D eigenvalue weighted by Gasteiger charge is -2.03. The predicted molar refractivity (Wildman–Crippen MR) is 68.5 cm³/mol. The van der Waals surface area contributed by atoms with Gasteiger partial charge in [0.25, 0.3) is 0 Å². The van der Waals surface area contributed by atoms with Gasteiger partial charge in [0, 0.05) is 12.4 Å². The molecule has 0 unspecified atom stereocenters. The molecule has 3 nitrogen and oxygen atoms in total. The first-order chi connectivity index (χ1) is 8.45. The molecule has 0 bridgehead atoms. The summed E-state index contributed by atoms with van der Waals surface area (Å²) in [7, 11) is 0. The summed E-state index contributed by atoms with van der Waals surface area (Å²) in [5, 5.41) is 3.35. The number of aromatic nitrogens is 2. The minimum atomic E-state index is 0.746. The number of benzene rings is 1. The first-order valence-corrected chi connectivity index (χ1v) is 5.96. The van der Waals surface area contributed by atoms with Crippen molar-refractivity contribution in [3.63, 3.8) is 0 Å². The third-order valence-corrected chi connectivity index (χ3v) is 2.56. The van der Waals surface area contributed by atoms with E-state index in [0.29, 0.717) is 0 Å². The molecule has 1 N–H and O–H groups in total. The van der Waals surface area contributed by atoms with Gasteiger partial charge in [0.1, 0.15) is 5.82 Å². The Hall–Kier alpha value is -1.74. The van der Waals surface area contributed by atoms with Gasteiger partial charge >= 0.3 is 0 Å². The molecule has 0 spiro atoms. The number of rotatable bonds is 6. The van der Waals surface area contributed by atoms with Gasteiger partial charge in [-0.2, -0.15) is 0 Å². The number of hydrogen-bond acceptors (Lipinski definition) is 3. The fourth-order valence-corrected chi connectivity index (χ4v) is 1.68. The summed E-state index contributed by atoms with van der Waals surface area (Å²) in [4.78, 5) is 8.32. The van der Waals surface area contributed by atoms with Crippen molar-refractivity contribution in [2.45, 2.75) is 19.4 Å². The van der Waals surface area contributed by atoms with Gasteiger partial charge in [-0.1, -0.05) is 30.3 Å². The zero-order chi connectivity index (χ0) is 11.8. The van der Waals surface area contributed by atoms with E-state index in [0.717, 1.165) is 31.8 Å². The van der Waals surface area contributed by atoms with Crippen LogP contribution in [0.2, 0.25) is 0 Å². The second-order valence-corrected chi connectivity index (χ2v) is 3.93. The van der Waals surface area contributed by atoms with E-state index in [2.05, 4.69) is 45.6 Å². The van der Waals surface area contributed by atoms with E-state index in [-0.39, 0.29) is 0 Å². The molecule has 88 valence electrons. The molecule has 0 aliphatic rings. The Kier molecular flexibility index (Phi) is 4.67. The van der Waals surface area contributed by atoms with Crippen molar-refractivity contribution in [1.82, 2.24) is 15.3 Å². The fraction of sp³-hybridized carbons (Fsp3) is 0.286. The SMILES string of the molecule is c1ccc(CCCNCc2ncccn2)cc1. The number of nitrogens with one attached hydrogen (secondary N) is 1. The Morgan fingerprint density at radius 2 is 1.71 bits per heavy atom. The van der Waals surface area contributed by atoms with E-state index in [1.54, 1.807) is 12.4 Å². The van der Waals surface area contributed by atoms with Crippen molar-refractivity contribution < 1.29 is 0 Å². The average Bonchev–Trinajstić information content (AvgIpc) is 2.41. The number of nitrogens with zero attached hydrogens (tertiary/aromatic N) is 2. The molecule has 0 aliphatic heterocycles. The van der Waals surface area contributed by atoms with Crippen molar-refractivity contribution >= 4 is 0 Å². The van der Waals surface area contributed by atoms with E-state index in [4.69, 9.17) is 0 Å². The summed E-state index contributed by atoms with van der Waals surface area (Å²) in [6.07, 6.45) is 5.79. The fourth-order valence-electron chi connectivity index (χ4n) is 1.68. The van der Waals surface area contributed by atoms with E-state index >= 15 is 0 Å². The molecule has 0 atom stereocenters. The van der Waals surface area contributed by atoms with Gasteiger partial charge in [-0.25, -0.2) is 9.97 Å². The van der Waals surface area contributed by atoms with Crippen LogP contribution in [0.15, 0.2) is 48.8 Å². The van der Waals surface area contributed by atoms with Crippen LogP contribution in [-0.4, -0.2) is 16.5 Å². The minimum Gasteiger partial charge on any atom is -0.310 e. The Bertz CT molecular complexity index is 372. The molecule has 3 heteroatoms. The van der Waals surface area contributed by atoms with Gasteiger partial charge in [-0.15, -0.1) is 0 Å². The van der Waals surface area contributed by atoms with Crippen LogP contribution in [0.5, 0.6) is 0 Å². The second-order valence-electron chi connectivity index (χ2n) is 3.93. The molecule has 2 rings (SSSR count). The van der Waals surface area contributed by atoms with E-state index in [1.165, 1.54) is 5.56 Å². The van der Waals surface area contributed by atoms with Crippen molar-refractivity contribution in [1.29, 1.82) is 0 Å². The normalized spacial score (nSPS) is 10.4. The lowest BCUT2D eigenvalue weighted by atomic mass is 10.1. The van der Waals surface area contributed by atoms with Gasteiger partial charge in [-0.05, 0) is 31.0 Å². The van der Waals surface area contributed by atoms with Crippen LogP contribution in [0.1, 0.15) is 17.8 Å². The Morgan fingerprint density at radius 3 is 2.47 bits per heavy atom. The van der Waals surface area contributed by atoms with E-state index in [1.807, 2.05) is 6.07 Å². The maximum Gasteiger partial charge on any atom is 0.141 e. The van der Waals surface area contributed by atoms with Gasteiger partial charge in [-0.3, -0.25) is 0 Å². The highest BCUT2D eigenvalue weighted by Crippen LogP contribution is 2.01. The van der Waals surface area contributed by atoms with Gasteiger partial charge in [0.15, 0.2) is 0 Å². The molecule has 1 aromatic carbocycles. The molecule has 0 fully saturated rings. The highest BCUT2D eigenvalue weighted by atomic mass is 14.9. The van der Waals surface area contributed by atoms with Gasteiger partial charge in [0.2, 0.25) is 0 Å². The predicted octanol–water partition coefficient (Wildman–Crippen LogP) is 2.20. The number of aryl methyl sites for hydroxylation is 1. The topological polar surface area (TPSA) is 37.8 Å². The molecule has 0 radical (unpaired) electrons. The van der Waals surface area contributed by atoms with Crippen LogP contribution in [0, 0.1) is 0 Å². The van der Waals surface area contributed by atoms with Crippen molar-refractivity contribution in [2.24, 2.45) is 0 Å². The van der Waals surface area contributed by atoms with Crippen molar-refractivity contribution in [3.05, 3.63) is 60.2 Å². The highest BCUT2D eigenvalue weighted by Gasteiger charge is 1.94. The van der Waals surface area contributed by atoms with E-state index in [9.17, 15) is 0 Å². The Balaban J connectivity index is 1.61. The highest BCUT2D eigenvalue weighted by molar-refractivity contribution is 5.14. The minimum absolute atomic E-state index is 0.746. The summed E-state index contributed by atoms with van der Waals surface area (Å²) >= 11 is 0. The summed E-state index contributed by atoms with van der Waals surface area (Å²) in [6.45, 7) is 1.74. The van der Waals surface area contributed by atoms with Crippen LogP contribution in [0.4, 0.5) is 0 Å². The third-order valence-electron chi connectivity index (χ3n) is 2.56. The monoisotopic (exact) mass is 227 g/mol. The van der Waals surface area contributed by atoms with Crippen LogP contribution in [-0.2, 0) is 13.0 Å². The van der Waals surface area contributed by atoms with Crippen LogP contribution in [0.25, 0.3) is 0 Å². The molecule has 0 amide bonds. The third kappa shape index (κ3) is 4.33. The van der Waals surface area contributed by atoms with Gasteiger partial charge < -0.3 is 5.32 Å². The lowest BCUT2D eigenvalue weighted by molar-refractivity contribution is 0.629. The molecule has 0 aliphatic carbocycles. The van der Waals surface area contributed by atoms with E-state index < -0.39 is 0 Å². The first-order valence-electron chi connectivity index (χ1n) is 5.96. The van der Waals surface area contributed by atoms with Gasteiger partial charge in [0.05, 0.1) is 6.54 Å². The Morgan fingerprint density at radius 1 is 0.941 bits per heavy atom. The maximum absolute atomic E-state index is 4.16. The molecule has 0 saturated carbocycles. The summed E-state index contributed by atoms with van der Waals surface area (Å²) in [5.41, 5.74) is 1.39. The molecule has 17 heavy (non-hydrogen) atoms. The van der Waals surface area contributed by atoms with Crippen LogP contribution >= 0.6 is 0 Å². The van der Waals surface area contributed by atoms with Crippen LogP contribution in [0.3, 0.4) is 0 Å². The molecule has 2 aromatic rings. The maximum atomic E-state index is 4.16. The standard InChI is InChI=1S/C14H17N3/c1-2-6-13(7-3-1)8-4-9-15-12-14-16-10-5-11-17-14/h1-3,5-7,10-11,15H,4,8-9,12H2. The quantitative estimate of drug-likeness (QED) is 0.769. The smallest absolute Gasteiger partial charge is 0.141 e. The molecule has 1 heterocycles. The molecule has 0 saturated heterocycles. The Labute approximate surface area is 102 Å². The lowest BCUT2D eigenvalue weighted by Crippen LogP contribution is -2.16. The second kappa shape index (κ2) is 6.76. The first kappa shape index (κ1) is 11.7. The summed E-state index contributed by atoms with van der Waals surface area (Å²) < 4.78 is 0. The molecule has 1 aromatic heterocycles. The van der Waals surface area contributed by atoms with Crippen LogP contribution < -0.4 is 5.32 Å². The molecular weight excluding hydrogens is 210 g/mol.